The lowest BCUT2D eigenvalue weighted by molar-refractivity contribution is 0.0956. The van der Waals surface area contributed by atoms with Gasteiger partial charge in [-0.25, -0.2) is 10.4 Å². The highest BCUT2D eigenvalue weighted by Crippen LogP contribution is 2.32. The number of aromatic nitrogens is 2. The summed E-state index contributed by atoms with van der Waals surface area (Å²) in [6, 6.07) is 20.7. The van der Waals surface area contributed by atoms with Crippen molar-refractivity contribution in [2.24, 2.45) is 5.10 Å². The maximum absolute atomic E-state index is 13.0. The molecule has 0 aliphatic carbocycles. The summed E-state index contributed by atoms with van der Waals surface area (Å²) in [4.78, 5) is 21.8. The van der Waals surface area contributed by atoms with E-state index >= 15 is 0 Å². The molecule has 0 aliphatic rings. The molecule has 6 nitrogen and oxygen atoms in total. The molecule has 0 bridgehead atoms. The summed E-state index contributed by atoms with van der Waals surface area (Å²) in [7, 11) is 0. The van der Waals surface area contributed by atoms with Crippen LogP contribution in [-0.2, 0) is 0 Å². The number of fused-ring (bicyclic) bond motifs is 1. The number of hydrazone groups is 1. The Morgan fingerprint density at radius 1 is 1.06 bits per heavy atom. The van der Waals surface area contributed by atoms with Crippen LogP contribution in [0.2, 0.25) is 0 Å². The lowest BCUT2D eigenvalue weighted by atomic mass is 10.0. The second kappa shape index (κ2) is 9.17. The highest BCUT2D eigenvalue weighted by Gasteiger charge is 2.16. The van der Waals surface area contributed by atoms with Gasteiger partial charge in [-0.15, -0.1) is 0 Å². The molecule has 6 heteroatoms. The van der Waals surface area contributed by atoms with E-state index in [9.17, 15) is 4.79 Å². The van der Waals surface area contributed by atoms with E-state index in [1.54, 1.807) is 24.7 Å². The zero-order valence-corrected chi connectivity index (χ0v) is 17.3. The average molecular weight is 410 g/mol. The number of nitrogens with one attached hydrogen (secondary N) is 1. The van der Waals surface area contributed by atoms with E-state index < -0.39 is 0 Å². The number of nitrogens with zero attached hydrogens (tertiary/aromatic N) is 3. The van der Waals surface area contributed by atoms with E-state index in [4.69, 9.17) is 9.72 Å². The Hall–Kier alpha value is -4.06. The van der Waals surface area contributed by atoms with E-state index in [1.807, 2.05) is 74.5 Å². The Balaban J connectivity index is 1.72. The smallest absolute Gasteiger partial charge is 0.272 e. The van der Waals surface area contributed by atoms with E-state index in [-0.39, 0.29) is 12.0 Å². The number of hydrogen-bond donors (Lipinski definition) is 1. The third-order valence-electron chi connectivity index (χ3n) is 4.55. The molecule has 2 aromatic carbocycles. The fraction of sp³-hybridized carbons (Fsp3) is 0.120. The first-order chi connectivity index (χ1) is 15.1. The summed E-state index contributed by atoms with van der Waals surface area (Å²) < 4.78 is 5.96. The molecule has 1 N–H and O–H groups in total. The molecule has 0 fully saturated rings. The van der Waals surface area contributed by atoms with E-state index in [0.717, 1.165) is 27.8 Å². The zero-order valence-electron chi connectivity index (χ0n) is 17.3. The Labute approximate surface area is 180 Å². The fourth-order valence-electron chi connectivity index (χ4n) is 3.21. The van der Waals surface area contributed by atoms with E-state index in [0.29, 0.717) is 11.3 Å². The molecule has 0 unspecified atom stereocenters. The summed E-state index contributed by atoms with van der Waals surface area (Å²) in [5.74, 6) is 0.406. The third kappa shape index (κ3) is 4.75. The summed E-state index contributed by atoms with van der Waals surface area (Å²) in [6.45, 7) is 3.95. The molecule has 154 valence electrons. The third-order valence-corrected chi connectivity index (χ3v) is 4.55. The van der Waals surface area contributed by atoms with Crippen molar-refractivity contribution in [3.8, 4) is 17.0 Å². The maximum atomic E-state index is 13.0. The molecule has 0 spiro atoms. The summed E-state index contributed by atoms with van der Waals surface area (Å²) >= 11 is 0. The van der Waals surface area contributed by atoms with Crippen LogP contribution in [0.1, 0.15) is 29.8 Å². The largest absolute Gasteiger partial charge is 0.490 e. The molecule has 4 rings (SSSR count). The molecule has 2 heterocycles. The molecule has 2 aromatic heterocycles. The van der Waals surface area contributed by atoms with Gasteiger partial charge in [0.2, 0.25) is 0 Å². The predicted molar refractivity (Wildman–Crippen MR) is 122 cm³/mol. The fourth-order valence-corrected chi connectivity index (χ4v) is 3.21. The number of para-hydroxylation sites is 2. The van der Waals surface area contributed by atoms with Crippen molar-refractivity contribution in [3.05, 3.63) is 90.3 Å². The second-order valence-electron chi connectivity index (χ2n) is 7.22. The minimum atomic E-state index is -0.317. The Kier molecular flexibility index (Phi) is 5.98. The van der Waals surface area contributed by atoms with Gasteiger partial charge in [-0.3, -0.25) is 9.78 Å². The minimum Gasteiger partial charge on any atom is -0.490 e. The molecule has 0 saturated heterocycles. The van der Waals surface area contributed by atoms with E-state index in [2.05, 4.69) is 15.5 Å². The first-order valence-electron chi connectivity index (χ1n) is 10.0. The monoisotopic (exact) mass is 410 g/mol. The van der Waals surface area contributed by atoms with Gasteiger partial charge in [0.05, 0.1) is 29.1 Å². The van der Waals surface area contributed by atoms with Crippen molar-refractivity contribution in [1.29, 1.82) is 0 Å². The summed E-state index contributed by atoms with van der Waals surface area (Å²) in [5, 5.41) is 4.83. The van der Waals surface area contributed by atoms with Crippen molar-refractivity contribution in [1.82, 2.24) is 15.4 Å². The molecule has 1 amide bonds. The van der Waals surface area contributed by atoms with Crippen LogP contribution in [0.5, 0.6) is 5.75 Å². The standard InChI is InChI=1S/C25H22N4O2/c1-17(2)31-24-12-6-4-10-20(24)23-14-21(19-9-3-5-11-22(19)28-23)25(30)29-27-16-18-8-7-13-26-15-18/h3-17H,1-2H3,(H,29,30). The molecular weight excluding hydrogens is 388 g/mol. The van der Waals surface area contributed by atoms with Crippen LogP contribution in [0.15, 0.2) is 84.2 Å². The topological polar surface area (TPSA) is 76.5 Å². The van der Waals surface area contributed by atoms with Crippen molar-refractivity contribution < 1.29 is 9.53 Å². The van der Waals surface area contributed by atoms with Crippen molar-refractivity contribution >= 4 is 23.0 Å². The van der Waals surface area contributed by atoms with Crippen LogP contribution in [0, 0.1) is 0 Å². The van der Waals surface area contributed by atoms with Gasteiger partial charge in [0.1, 0.15) is 5.75 Å². The van der Waals surface area contributed by atoms with Gasteiger partial charge >= 0.3 is 0 Å². The van der Waals surface area contributed by atoms with Gasteiger partial charge in [0, 0.05) is 28.9 Å². The minimum absolute atomic E-state index is 0.0196. The normalized spacial score (nSPS) is 11.2. The average Bonchev–Trinajstić information content (AvgIpc) is 2.79. The van der Waals surface area contributed by atoms with Crippen LogP contribution in [0.4, 0.5) is 0 Å². The van der Waals surface area contributed by atoms with Gasteiger partial charge in [-0.1, -0.05) is 36.4 Å². The van der Waals surface area contributed by atoms with Gasteiger partial charge in [0.15, 0.2) is 0 Å². The lowest BCUT2D eigenvalue weighted by Gasteiger charge is -2.15. The highest BCUT2D eigenvalue weighted by atomic mass is 16.5. The Bertz CT molecular complexity index is 1240. The molecule has 0 atom stereocenters. The van der Waals surface area contributed by atoms with E-state index in [1.165, 1.54) is 0 Å². The number of amides is 1. The van der Waals surface area contributed by atoms with Crippen molar-refractivity contribution in [2.75, 3.05) is 0 Å². The van der Waals surface area contributed by atoms with Crippen LogP contribution < -0.4 is 10.2 Å². The van der Waals surface area contributed by atoms with Gasteiger partial charge in [-0.05, 0) is 44.2 Å². The summed E-state index contributed by atoms with van der Waals surface area (Å²) in [6.07, 6.45) is 4.93. The second-order valence-corrected chi connectivity index (χ2v) is 7.22. The Morgan fingerprint density at radius 2 is 1.87 bits per heavy atom. The van der Waals surface area contributed by atoms with Gasteiger partial charge in [-0.2, -0.15) is 5.10 Å². The van der Waals surface area contributed by atoms with Gasteiger partial charge < -0.3 is 4.74 Å². The number of carbonyl (C=O) groups is 1. The van der Waals surface area contributed by atoms with Crippen molar-refractivity contribution in [2.45, 2.75) is 20.0 Å². The first-order valence-corrected chi connectivity index (χ1v) is 10.0. The van der Waals surface area contributed by atoms with Crippen LogP contribution in [0.3, 0.4) is 0 Å². The zero-order chi connectivity index (χ0) is 21.6. The molecule has 0 radical (unpaired) electrons. The molecule has 0 aliphatic heterocycles. The number of benzene rings is 2. The quantitative estimate of drug-likeness (QED) is 0.364. The molecule has 31 heavy (non-hydrogen) atoms. The predicted octanol–water partition coefficient (Wildman–Crippen LogP) is 4.85. The number of carbonyl (C=O) groups excluding carboxylic acids is 1. The number of pyridine rings is 2. The van der Waals surface area contributed by atoms with Gasteiger partial charge in [0.25, 0.3) is 5.91 Å². The maximum Gasteiger partial charge on any atom is 0.272 e. The highest BCUT2D eigenvalue weighted by molar-refractivity contribution is 6.07. The van der Waals surface area contributed by atoms with Crippen LogP contribution in [-0.4, -0.2) is 28.2 Å². The molecular formula is C25H22N4O2. The molecule has 0 saturated carbocycles. The van der Waals surface area contributed by atoms with Crippen LogP contribution >= 0.6 is 0 Å². The number of ether oxygens (including phenoxy) is 1. The van der Waals surface area contributed by atoms with Crippen molar-refractivity contribution in [3.63, 3.8) is 0 Å². The molecule has 4 aromatic rings. The SMILES string of the molecule is CC(C)Oc1ccccc1-c1cc(C(=O)NN=Cc2cccnc2)c2ccccc2n1. The van der Waals surface area contributed by atoms with Crippen LogP contribution in [0.25, 0.3) is 22.2 Å². The lowest BCUT2D eigenvalue weighted by Crippen LogP contribution is -2.18. The Morgan fingerprint density at radius 3 is 2.68 bits per heavy atom. The summed E-state index contributed by atoms with van der Waals surface area (Å²) in [5.41, 5.74) is 6.11. The first kappa shape index (κ1) is 20.2. The number of hydrogen-bond acceptors (Lipinski definition) is 5. The number of rotatable bonds is 6.